The van der Waals surface area contributed by atoms with E-state index in [0.29, 0.717) is 6.54 Å². The molecule has 7 heteroatoms. The molecule has 1 fully saturated rings. The van der Waals surface area contributed by atoms with Crippen molar-refractivity contribution in [3.8, 4) is 0 Å². The molecule has 136 valence electrons. The minimum Gasteiger partial charge on any atom is -0.369 e. The summed E-state index contributed by atoms with van der Waals surface area (Å²) in [6.45, 7) is 8.72. The molecule has 1 aromatic rings. The van der Waals surface area contributed by atoms with Crippen molar-refractivity contribution < 1.29 is 14.0 Å². The van der Waals surface area contributed by atoms with E-state index in [1.807, 2.05) is 0 Å². The Bertz CT molecular complexity index is 583. The number of anilines is 1. The molecule has 1 aliphatic rings. The van der Waals surface area contributed by atoms with Gasteiger partial charge < -0.3 is 15.5 Å². The molecule has 0 spiro atoms. The molecule has 6 nitrogen and oxygen atoms in total. The summed E-state index contributed by atoms with van der Waals surface area (Å²) in [4.78, 5) is 27.5. The van der Waals surface area contributed by atoms with Crippen molar-refractivity contribution in [3.63, 3.8) is 0 Å². The van der Waals surface area contributed by atoms with E-state index in [0.717, 1.165) is 44.8 Å². The summed E-state index contributed by atoms with van der Waals surface area (Å²) in [5, 5.41) is 5.05. The van der Waals surface area contributed by atoms with Crippen molar-refractivity contribution in [2.75, 3.05) is 50.7 Å². The zero-order chi connectivity index (χ0) is 18.1. The Labute approximate surface area is 147 Å². The summed E-state index contributed by atoms with van der Waals surface area (Å²) in [7, 11) is 0. The number of halogens is 1. The first-order valence-corrected chi connectivity index (χ1v) is 8.50. The average Bonchev–Trinajstić information content (AvgIpc) is 2.64. The molecular weight excluding hydrogens is 323 g/mol. The quantitative estimate of drug-likeness (QED) is 0.434. The van der Waals surface area contributed by atoms with Crippen LogP contribution >= 0.6 is 0 Å². The van der Waals surface area contributed by atoms with E-state index in [2.05, 4.69) is 27.0 Å². The molecule has 0 bridgehead atoms. The lowest BCUT2D eigenvalue weighted by Gasteiger charge is -2.36. The van der Waals surface area contributed by atoms with E-state index in [1.165, 1.54) is 18.2 Å². The number of rotatable bonds is 7. The van der Waals surface area contributed by atoms with Gasteiger partial charge in [-0.15, -0.1) is 6.58 Å². The Hall–Kier alpha value is -2.41. The number of benzene rings is 1. The van der Waals surface area contributed by atoms with Crippen LogP contribution in [0.4, 0.5) is 10.1 Å². The van der Waals surface area contributed by atoms with Gasteiger partial charge in [-0.2, -0.15) is 0 Å². The predicted molar refractivity (Wildman–Crippen MR) is 95.9 cm³/mol. The van der Waals surface area contributed by atoms with Crippen molar-refractivity contribution in [2.45, 2.75) is 6.42 Å². The molecule has 1 aliphatic heterocycles. The summed E-state index contributed by atoms with van der Waals surface area (Å²) in [5.41, 5.74) is 1.04. The Morgan fingerprint density at radius 1 is 1.08 bits per heavy atom. The second-order valence-electron chi connectivity index (χ2n) is 5.91. The number of hydrogen-bond donors (Lipinski definition) is 2. The molecule has 1 heterocycles. The van der Waals surface area contributed by atoms with Gasteiger partial charge in [-0.1, -0.05) is 6.08 Å². The second-order valence-corrected chi connectivity index (χ2v) is 5.91. The molecule has 1 saturated heterocycles. The lowest BCUT2D eigenvalue weighted by atomic mass is 10.2. The molecule has 25 heavy (non-hydrogen) atoms. The maximum Gasteiger partial charge on any atom is 0.309 e. The third kappa shape index (κ3) is 6.19. The largest absolute Gasteiger partial charge is 0.369 e. The number of piperazine rings is 1. The smallest absolute Gasteiger partial charge is 0.309 e. The number of nitrogens with one attached hydrogen (secondary N) is 2. The highest BCUT2D eigenvalue weighted by atomic mass is 19.1. The lowest BCUT2D eigenvalue weighted by molar-refractivity contribution is -0.139. The highest BCUT2D eigenvalue weighted by Crippen LogP contribution is 2.16. The van der Waals surface area contributed by atoms with E-state index in [9.17, 15) is 14.0 Å². The molecule has 0 aromatic heterocycles. The highest BCUT2D eigenvalue weighted by molar-refractivity contribution is 6.35. The van der Waals surface area contributed by atoms with Crippen LogP contribution in [0, 0.1) is 5.82 Å². The van der Waals surface area contributed by atoms with E-state index >= 15 is 0 Å². The fraction of sp³-hybridized carbons (Fsp3) is 0.444. The van der Waals surface area contributed by atoms with Crippen LogP contribution in [0.5, 0.6) is 0 Å². The van der Waals surface area contributed by atoms with E-state index in [4.69, 9.17) is 0 Å². The van der Waals surface area contributed by atoms with Gasteiger partial charge in [-0.3, -0.25) is 14.5 Å². The van der Waals surface area contributed by atoms with Crippen molar-refractivity contribution in [1.82, 2.24) is 15.5 Å². The fourth-order valence-corrected chi connectivity index (χ4v) is 2.71. The first kappa shape index (κ1) is 18.9. The highest BCUT2D eigenvalue weighted by Gasteiger charge is 2.17. The summed E-state index contributed by atoms with van der Waals surface area (Å²) < 4.78 is 13.0. The Morgan fingerprint density at radius 3 is 2.36 bits per heavy atom. The van der Waals surface area contributed by atoms with Crippen molar-refractivity contribution >= 4 is 17.5 Å². The zero-order valence-electron chi connectivity index (χ0n) is 14.3. The van der Waals surface area contributed by atoms with Gasteiger partial charge >= 0.3 is 11.8 Å². The van der Waals surface area contributed by atoms with Gasteiger partial charge in [-0.25, -0.2) is 4.39 Å². The van der Waals surface area contributed by atoms with Crippen molar-refractivity contribution in [1.29, 1.82) is 0 Å². The minimum atomic E-state index is -0.632. The maximum atomic E-state index is 13.0. The van der Waals surface area contributed by atoms with Crippen LogP contribution in [0.1, 0.15) is 6.42 Å². The van der Waals surface area contributed by atoms with Gasteiger partial charge in [0.25, 0.3) is 0 Å². The lowest BCUT2D eigenvalue weighted by Crippen LogP contribution is -2.47. The molecule has 1 aromatic carbocycles. The van der Waals surface area contributed by atoms with Crippen LogP contribution in [0.25, 0.3) is 0 Å². The van der Waals surface area contributed by atoms with Crippen LogP contribution in [0.2, 0.25) is 0 Å². The molecule has 0 aliphatic carbocycles. The topological polar surface area (TPSA) is 64.7 Å². The summed E-state index contributed by atoms with van der Waals surface area (Å²) in [6, 6.07) is 6.57. The SMILES string of the molecule is C=CCNC(=O)C(=O)NCCCN1CCN(c2ccc(F)cc2)CC1. The summed E-state index contributed by atoms with van der Waals surface area (Å²) >= 11 is 0. The number of nitrogens with zero attached hydrogens (tertiary/aromatic N) is 2. The minimum absolute atomic E-state index is 0.220. The molecule has 2 rings (SSSR count). The third-order valence-electron chi connectivity index (χ3n) is 4.11. The first-order valence-electron chi connectivity index (χ1n) is 8.50. The summed E-state index contributed by atoms with van der Waals surface area (Å²) in [6.07, 6.45) is 2.31. The predicted octanol–water partition coefficient (Wildman–Crippen LogP) is 0.756. The van der Waals surface area contributed by atoms with Gasteiger partial charge in [0.15, 0.2) is 0 Å². The molecule has 0 saturated carbocycles. The third-order valence-corrected chi connectivity index (χ3v) is 4.11. The van der Waals surface area contributed by atoms with Crippen LogP contribution in [-0.2, 0) is 9.59 Å². The second kappa shape index (κ2) is 9.78. The molecule has 0 unspecified atom stereocenters. The zero-order valence-corrected chi connectivity index (χ0v) is 14.3. The Kier molecular flexibility index (Phi) is 7.40. The molecule has 2 N–H and O–H groups in total. The average molecular weight is 348 g/mol. The normalized spacial score (nSPS) is 14.8. The number of amides is 2. The fourth-order valence-electron chi connectivity index (χ4n) is 2.71. The molecule has 0 atom stereocenters. The molecule has 2 amide bonds. The maximum absolute atomic E-state index is 13.0. The van der Waals surface area contributed by atoms with E-state index in [-0.39, 0.29) is 12.4 Å². The Morgan fingerprint density at radius 2 is 1.72 bits per heavy atom. The van der Waals surface area contributed by atoms with E-state index < -0.39 is 11.8 Å². The number of carbonyl (C=O) groups excluding carboxylic acids is 2. The van der Waals surface area contributed by atoms with Crippen LogP contribution in [0.15, 0.2) is 36.9 Å². The number of carbonyl (C=O) groups is 2. The van der Waals surface area contributed by atoms with Gasteiger partial charge in [0.1, 0.15) is 5.82 Å². The first-order chi connectivity index (χ1) is 12.1. The number of hydrogen-bond acceptors (Lipinski definition) is 4. The van der Waals surface area contributed by atoms with Gasteiger partial charge in [0.05, 0.1) is 0 Å². The van der Waals surface area contributed by atoms with Crippen LogP contribution in [0.3, 0.4) is 0 Å². The standard InChI is InChI=1S/C18H25FN4O2/c1-2-8-20-17(24)18(25)21-9-3-10-22-11-13-23(14-12-22)16-6-4-15(19)5-7-16/h2,4-7H,1,3,8-14H2,(H,20,24)(H,21,25). The monoisotopic (exact) mass is 348 g/mol. The Balaban J connectivity index is 1.61. The van der Waals surface area contributed by atoms with E-state index in [1.54, 1.807) is 12.1 Å². The van der Waals surface area contributed by atoms with Gasteiger partial charge in [0.2, 0.25) is 0 Å². The van der Waals surface area contributed by atoms with Crippen LogP contribution < -0.4 is 15.5 Å². The molecular formula is C18H25FN4O2. The molecule has 0 radical (unpaired) electrons. The summed E-state index contributed by atoms with van der Waals surface area (Å²) in [5.74, 6) is -1.46. The van der Waals surface area contributed by atoms with Crippen LogP contribution in [-0.4, -0.2) is 62.5 Å². The van der Waals surface area contributed by atoms with Crippen molar-refractivity contribution in [3.05, 3.63) is 42.7 Å². The van der Waals surface area contributed by atoms with Gasteiger partial charge in [0, 0.05) is 45.0 Å². The van der Waals surface area contributed by atoms with Crippen molar-refractivity contribution in [2.24, 2.45) is 0 Å². The van der Waals surface area contributed by atoms with Gasteiger partial charge in [-0.05, 0) is 37.2 Å².